The van der Waals surface area contributed by atoms with Crippen LogP contribution in [0.4, 0.5) is 0 Å². The predicted molar refractivity (Wildman–Crippen MR) is 88.3 cm³/mol. The van der Waals surface area contributed by atoms with E-state index in [0.717, 1.165) is 32.4 Å². The molecule has 0 aliphatic carbocycles. The molecule has 1 unspecified atom stereocenters. The maximum absolute atomic E-state index is 13.0. The molecule has 1 aromatic carbocycles. The Morgan fingerprint density at radius 1 is 1.21 bits per heavy atom. The maximum Gasteiger partial charge on any atom is 0.254 e. The molecule has 0 spiro atoms. The Bertz CT molecular complexity index is 714. The maximum atomic E-state index is 13.0. The highest BCUT2D eigenvalue weighted by atomic mass is 16.6. The van der Waals surface area contributed by atoms with Gasteiger partial charge in [-0.25, -0.2) is 0 Å². The third-order valence-corrected chi connectivity index (χ3v) is 4.63. The second kappa shape index (κ2) is 6.55. The summed E-state index contributed by atoms with van der Waals surface area (Å²) in [6.07, 6.45) is 6.93. The van der Waals surface area contributed by atoms with Crippen LogP contribution in [-0.2, 0) is 6.54 Å². The normalized spacial score (nSPS) is 20.0. The summed E-state index contributed by atoms with van der Waals surface area (Å²) >= 11 is 0. The number of amides is 1. The van der Waals surface area contributed by atoms with Gasteiger partial charge in [-0.3, -0.25) is 9.48 Å². The smallest absolute Gasteiger partial charge is 0.254 e. The zero-order valence-corrected chi connectivity index (χ0v) is 13.6. The van der Waals surface area contributed by atoms with Crippen LogP contribution in [0, 0.1) is 0 Å². The number of hydrogen-bond donors (Lipinski definition) is 0. The Kier molecular flexibility index (Phi) is 4.11. The van der Waals surface area contributed by atoms with Gasteiger partial charge in [0.1, 0.15) is 13.2 Å². The van der Waals surface area contributed by atoms with Crippen molar-refractivity contribution in [3.8, 4) is 11.5 Å². The van der Waals surface area contributed by atoms with E-state index in [9.17, 15) is 4.79 Å². The lowest BCUT2D eigenvalue weighted by atomic mass is 10.0. The molecule has 0 bridgehead atoms. The van der Waals surface area contributed by atoms with Crippen LogP contribution >= 0.6 is 0 Å². The summed E-state index contributed by atoms with van der Waals surface area (Å²) in [5, 5.41) is 4.28. The Hall–Kier alpha value is -2.50. The van der Waals surface area contributed by atoms with Crippen LogP contribution in [0.3, 0.4) is 0 Å². The summed E-state index contributed by atoms with van der Waals surface area (Å²) in [4.78, 5) is 15.0. The van der Waals surface area contributed by atoms with E-state index in [-0.39, 0.29) is 11.9 Å². The molecule has 2 aliphatic rings. The Labute approximate surface area is 141 Å². The molecule has 1 aromatic heterocycles. The molecule has 126 valence electrons. The van der Waals surface area contributed by atoms with Crippen molar-refractivity contribution >= 4 is 5.91 Å². The van der Waals surface area contributed by atoms with Gasteiger partial charge in [0.2, 0.25) is 0 Å². The number of benzene rings is 1. The van der Waals surface area contributed by atoms with Gasteiger partial charge in [0, 0.05) is 24.5 Å². The standard InChI is InChI=1S/C18H21N3O3/c22-18(14-5-6-16-17(12-14)24-11-10-23-16)21-9-2-1-4-15(21)13-20-8-3-7-19-20/h3,5-8,12,15H,1-2,4,9-11,13H2. The highest BCUT2D eigenvalue weighted by Gasteiger charge is 2.28. The quantitative estimate of drug-likeness (QED) is 0.868. The zero-order valence-electron chi connectivity index (χ0n) is 13.6. The number of aromatic nitrogens is 2. The molecule has 24 heavy (non-hydrogen) atoms. The van der Waals surface area contributed by atoms with Gasteiger partial charge in [0.05, 0.1) is 12.6 Å². The largest absolute Gasteiger partial charge is 0.486 e. The summed E-state index contributed by atoms with van der Waals surface area (Å²) in [5.41, 5.74) is 0.659. The number of likely N-dealkylation sites (tertiary alicyclic amines) is 1. The average molecular weight is 327 g/mol. The van der Waals surface area contributed by atoms with Gasteiger partial charge in [-0.05, 0) is 43.5 Å². The van der Waals surface area contributed by atoms with Gasteiger partial charge in [0.15, 0.2) is 11.5 Å². The average Bonchev–Trinajstić information content (AvgIpc) is 3.14. The Morgan fingerprint density at radius 3 is 2.92 bits per heavy atom. The van der Waals surface area contributed by atoms with Crippen molar-refractivity contribution in [3.63, 3.8) is 0 Å². The summed E-state index contributed by atoms with van der Waals surface area (Å²) in [7, 11) is 0. The molecule has 3 heterocycles. The van der Waals surface area contributed by atoms with Crippen LogP contribution in [0.5, 0.6) is 11.5 Å². The molecule has 0 N–H and O–H groups in total. The minimum absolute atomic E-state index is 0.0591. The number of piperidine rings is 1. The van der Waals surface area contributed by atoms with Crippen molar-refractivity contribution in [2.24, 2.45) is 0 Å². The molecule has 2 aliphatic heterocycles. The van der Waals surface area contributed by atoms with Crippen LogP contribution in [0.15, 0.2) is 36.7 Å². The Balaban J connectivity index is 1.55. The van der Waals surface area contributed by atoms with Crippen LogP contribution < -0.4 is 9.47 Å². The first-order chi connectivity index (χ1) is 11.8. The van der Waals surface area contributed by atoms with Crippen molar-refractivity contribution in [2.75, 3.05) is 19.8 Å². The van der Waals surface area contributed by atoms with E-state index in [0.29, 0.717) is 30.3 Å². The monoisotopic (exact) mass is 327 g/mol. The number of carbonyl (C=O) groups is 1. The highest BCUT2D eigenvalue weighted by Crippen LogP contribution is 2.32. The summed E-state index contributed by atoms with van der Waals surface area (Å²) in [6.45, 7) is 2.61. The molecule has 1 amide bonds. The number of carbonyl (C=O) groups excluding carboxylic acids is 1. The van der Waals surface area contributed by atoms with Crippen molar-refractivity contribution in [3.05, 3.63) is 42.2 Å². The van der Waals surface area contributed by atoms with Gasteiger partial charge in [0.25, 0.3) is 5.91 Å². The number of hydrogen-bond acceptors (Lipinski definition) is 4. The minimum atomic E-state index is 0.0591. The zero-order chi connectivity index (χ0) is 16.4. The highest BCUT2D eigenvalue weighted by molar-refractivity contribution is 5.95. The van der Waals surface area contributed by atoms with Crippen molar-refractivity contribution < 1.29 is 14.3 Å². The fourth-order valence-electron chi connectivity index (χ4n) is 3.42. The second-order valence-corrected chi connectivity index (χ2v) is 6.23. The van der Waals surface area contributed by atoms with Crippen molar-refractivity contribution in [1.29, 1.82) is 0 Å². The van der Waals surface area contributed by atoms with Gasteiger partial charge in [-0.1, -0.05) is 0 Å². The fraction of sp³-hybridized carbons (Fsp3) is 0.444. The predicted octanol–water partition coefficient (Wildman–Crippen LogP) is 2.35. The topological polar surface area (TPSA) is 56.6 Å². The van der Waals surface area contributed by atoms with E-state index in [1.165, 1.54) is 0 Å². The third-order valence-electron chi connectivity index (χ3n) is 4.63. The second-order valence-electron chi connectivity index (χ2n) is 6.23. The molecule has 6 nitrogen and oxygen atoms in total. The van der Waals surface area contributed by atoms with Gasteiger partial charge >= 0.3 is 0 Å². The van der Waals surface area contributed by atoms with E-state index < -0.39 is 0 Å². The minimum Gasteiger partial charge on any atom is -0.486 e. The summed E-state index contributed by atoms with van der Waals surface area (Å²) < 4.78 is 13.0. The first kappa shape index (κ1) is 15.1. The number of nitrogens with zero attached hydrogens (tertiary/aromatic N) is 3. The molecular formula is C18H21N3O3. The molecule has 1 saturated heterocycles. The summed E-state index contributed by atoms with van der Waals surface area (Å²) in [5.74, 6) is 1.43. The van der Waals surface area contributed by atoms with E-state index in [2.05, 4.69) is 5.10 Å². The molecule has 4 rings (SSSR count). The lowest BCUT2D eigenvalue weighted by molar-refractivity contribution is 0.0583. The lowest BCUT2D eigenvalue weighted by Crippen LogP contribution is -2.46. The van der Waals surface area contributed by atoms with Crippen LogP contribution in [0.2, 0.25) is 0 Å². The van der Waals surface area contributed by atoms with Crippen LogP contribution in [-0.4, -0.2) is 46.4 Å². The number of fused-ring (bicyclic) bond motifs is 1. The van der Waals surface area contributed by atoms with Crippen LogP contribution in [0.25, 0.3) is 0 Å². The lowest BCUT2D eigenvalue weighted by Gasteiger charge is -2.36. The molecule has 1 fully saturated rings. The van der Waals surface area contributed by atoms with E-state index in [1.807, 2.05) is 34.0 Å². The van der Waals surface area contributed by atoms with E-state index >= 15 is 0 Å². The van der Waals surface area contributed by atoms with Crippen molar-refractivity contribution in [1.82, 2.24) is 14.7 Å². The SMILES string of the molecule is O=C(c1ccc2c(c1)OCCO2)N1CCCCC1Cn1cccn1. The summed E-state index contributed by atoms with van der Waals surface area (Å²) in [6, 6.07) is 7.55. The number of ether oxygens (including phenoxy) is 2. The van der Waals surface area contributed by atoms with Gasteiger partial charge < -0.3 is 14.4 Å². The van der Waals surface area contributed by atoms with Gasteiger partial charge in [-0.2, -0.15) is 5.10 Å². The fourth-order valence-corrected chi connectivity index (χ4v) is 3.42. The molecule has 6 heteroatoms. The molecule has 2 aromatic rings. The van der Waals surface area contributed by atoms with Crippen molar-refractivity contribution in [2.45, 2.75) is 31.8 Å². The van der Waals surface area contributed by atoms with E-state index in [1.54, 1.807) is 12.3 Å². The van der Waals surface area contributed by atoms with Crippen LogP contribution in [0.1, 0.15) is 29.6 Å². The first-order valence-electron chi connectivity index (χ1n) is 8.49. The molecule has 1 atom stereocenters. The molecule has 0 radical (unpaired) electrons. The first-order valence-corrected chi connectivity index (χ1v) is 8.49. The number of rotatable bonds is 3. The van der Waals surface area contributed by atoms with Gasteiger partial charge in [-0.15, -0.1) is 0 Å². The molecule has 0 saturated carbocycles. The third kappa shape index (κ3) is 2.96. The Morgan fingerprint density at radius 2 is 2.08 bits per heavy atom. The molecular weight excluding hydrogens is 306 g/mol. The van der Waals surface area contributed by atoms with E-state index in [4.69, 9.17) is 9.47 Å².